The van der Waals surface area contributed by atoms with E-state index < -0.39 is 35.3 Å². The molecule has 162 valence electrons. The molecule has 0 heterocycles. The largest absolute Gasteiger partial charge is 0.481 e. The molecule has 0 aromatic heterocycles. The first-order valence-electron chi connectivity index (χ1n) is 9.45. The van der Waals surface area contributed by atoms with Crippen molar-refractivity contribution in [2.75, 3.05) is 10.6 Å². The van der Waals surface area contributed by atoms with Gasteiger partial charge in [-0.05, 0) is 61.2 Å². The van der Waals surface area contributed by atoms with Crippen LogP contribution in [0.15, 0.2) is 36.4 Å². The van der Waals surface area contributed by atoms with Crippen molar-refractivity contribution in [2.24, 2.45) is 0 Å². The Labute approximate surface area is 173 Å². The summed E-state index contributed by atoms with van der Waals surface area (Å²) in [7, 11) is 0. The number of hydrogen-bond acceptors (Lipinski definition) is 3. The highest BCUT2D eigenvalue weighted by molar-refractivity contribution is 5.95. The Hall–Kier alpha value is -3.03. The maximum absolute atomic E-state index is 13.4. The van der Waals surface area contributed by atoms with E-state index >= 15 is 0 Å². The summed E-state index contributed by atoms with van der Waals surface area (Å²) in [5.74, 6) is -0.434. The summed E-state index contributed by atoms with van der Waals surface area (Å²) in [5, 5.41) is 4.56. The van der Waals surface area contributed by atoms with Crippen LogP contribution in [0.1, 0.15) is 50.3 Å². The summed E-state index contributed by atoms with van der Waals surface area (Å²) < 4.78 is 45.9. The van der Waals surface area contributed by atoms with Gasteiger partial charge in [0.2, 0.25) is 5.91 Å². The minimum Gasteiger partial charge on any atom is -0.481 e. The predicted molar refractivity (Wildman–Crippen MR) is 110 cm³/mol. The van der Waals surface area contributed by atoms with Gasteiger partial charge in [0.25, 0.3) is 5.91 Å². The molecule has 8 heteroatoms. The van der Waals surface area contributed by atoms with Crippen LogP contribution in [0, 0.1) is 6.92 Å². The molecule has 2 aromatic carbocycles. The Morgan fingerprint density at radius 2 is 1.67 bits per heavy atom. The van der Waals surface area contributed by atoms with Crippen molar-refractivity contribution in [3.63, 3.8) is 0 Å². The van der Waals surface area contributed by atoms with Crippen molar-refractivity contribution in [1.29, 1.82) is 0 Å². The fourth-order valence-electron chi connectivity index (χ4n) is 3.03. The molecule has 0 saturated heterocycles. The molecule has 0 bridgehead atoms. The second-order valence-electron chi connectivity index (χ2n) is 7.36. The molecule has 1 atom stereocenters. The zero-order chi connectivity index (χ0) is 22.6. The van der Waals surface area contributed by atoms with Crippen LogP contribution in [0.5, 0.6) is 5.75 Å². The van der Waals surface area contributed by atoms with Gasteiger partial charge in [0, 0.05) is 12.6 Å². The third kappa shape index (κ3) is 5.98. The van der Waals surface area contributed by atoms with Gasteiger partial charge in [0.1, 0.15) is 5.75 Å². The zero-order valence-electron chi connectivity index (χ0n) is 17.5. The second-order valence-corrected chi connectivity index (χ2v) is 7.36. The molecule has 0 aliphatic carbocycles. The van der Waals surface area contributed by atoms with Crippen LogP contribution in [0.4, 0.5) is 24.5 Å². The number of alkyl halides is 3. The van der Waals surface area contributed by atoms with E-state index in [0.29, 0.717) is 11.7 Å². The first kappa shape index (κ1) is 23.3. The monoisotopic (exact) mass is 422 g/mol. The zero-order valence-corrected chi connectivity index (χ0v) is 17.5. The van der Waals surface area contributed by atoms with Crippen LogP contribution >= 0.6 is 0 Å². The number of benzene rings is 2. The van der Waals surface area contributed by atoms with E-state index in [2.05, 4.69) is 24.5 Å². The fourth-order valence-corrected chi connectivity index (χ4v) is 3.03. The highest BCUT2D eigenvalue weighted by atomic mass is 19.4. The Kier molecular flexibility index (Phi) is 7.12. The molecule has 0 spiro atoms. The lowest BCUT2D eigenvalue weighted by atomic mass is 9.98. The van der Waals surface area contributed by atoms with Crippen molar-refractivity contribution < 1.29 is 27.5 Å². The van der Waals surface area contributed by atoms with Gasteiger partial charge in [0.15, 0.2) is 6.10 Å². The third-order valence-electron chi connectivity index (χ3n) is 4.45. The van der Waals surface area contributed by atoms with Gasteiger partial charge in [-0.2, -0.15) is 13.2 Å². The highest BCUT2D eigenvalue weighted by Crippen LogP contribution is 2.36. The molecule has 0 radical (unpaired) electrons. The molecule has 2 aromatic rings. The Morgan fingerprint density at radius 1 is 1.00 bits per heavy atom. The Morgan fingerprint density at radius 3 is 2.20 bits per heavy atom. The third-order valence-corrected chi connectivity index (χ3v) is 4.45. The second kappa shape index (κ2) is 9.19. The number of rotatable bonds is 6. The number of carbonyl (C=O) groups excluding carboxylic acids is 2. The molecular formula is C22H25F3N2O3. The van der Waals surface area contributed by atoms with Crippen LogP contribution in [-0.4, -0.2) is 17.9 Å². The lowest BCUT2D eigenvalue weighted by molar-refractivity contribution is -0.137. The van der Waals surface area contributed by atoms with E-state index in [1.807, 2.05) is 13.0 Å². The number of halogens is 3. The highest BCUT2D eigenvalue weighted by Gasteiger charge is 2.35. The van der Waals surface area contributed by atoms with Crippen LogP contribution in [-0.2, 0) is 15.8 Å². The molecule has 0 unspecified atom stereocenters. The average Bonchev–Trinajstić information content (AvgIpc) is 2.61. The molecular weight excluding hydrogens is 397 g/mol. The van der Waals surface area contributed by atoms with Crippen molar-refractivity contribution >= 4 is 23.2 Å². The van der Waals surface area contributed by atoms with Crippen LogP contribution in [0.3, 0.4) is 0 Å². The molecule has 0 aliphatic rings. The predicted octanol–water partition coefficient (Wildman–Crippen LogP) is 5.50. The number of aryl methyl sites for hydroxylation is 1. The van der Waals surface area contributed by atoms with Crippen LogP contribution in [0.25, 0.3) is 0 Å². The molecule has 0 fully saturated rings. The lowest BCUT2D eigenvalue weighted by Crippen LogP contribution is -2.31. The molecule has 2 N–H and O–H groups in total. The quantitative estimate of drug-likeness (QED) is 0.646. The molecule has 30 heavy (non-hydrogen) atoms. The van der Waals surface area contributed by atoms with Gasteiger partial charge in [-0.1, -0.05) is 19.9 Å². The number of anilines is 2. The molecule has 5 nitrogen and oxygen atoms in total. The van der Waals surface area contributed by atoms with Gasteiger partial charge in [-0.3, -0.25) is 9.59 Å². The summed E-state index contributed by atoms with van der Waals surface area (Å²) in [6.07, 6.45) is -5.74. The number of ether oxygens (including phenoxy) is 1. The fraction of sp³-hybridized carbons (Fsp3) is 0.364. The molecule has 2 amide bonds. The summed E-state index contributed by atoms with van der Waals surface area (Å²) in [6, 6.07) is 8.59. The Balaban J connectivity index is 2.18. The van der Waals surface area contributed by atoms with Crippen LogP contribution < -0.4 is 15.4 Å². The minimum absolute atomic E-state index is 0.0159. The smallest absolute Gasteiger partial charge is 0.418 e. The summed E-state index contributed by atoms with van der Waals surface area (Å²) in [6.45, 7) is 8.71. The summed E-state index contributed by atoms with van der Waals surface area (Å²) in [4.78, 5) is 23.5. The van der Waals surface area contributed by atoms with E-state index in [9.17, 15) is 22.8 Å². The van der Waals surface area contributed by atoms with Crippen molar-refractivity contribution in [2.45, 2.75) is 52.8 Å². The van der Waals surface area contributed by atoms with Gasteiger partial charge in [0.05, 0.1) is 11.3 Å². The van der Waals surface area contributed by atoms with Crippen molar-refractivity contribution in [1.82, 2.24) is 0 Å². The van der Waals surface area contributed by atoms with Gasteiger partial charge < -0.3 is 15.4 Å². The maximum atomic E-state index is 13.4. The van der Waals surface area contributed by atoms with Gasteiger partial charge >= 0.3 is 6.18 Å². The number of carbonyl (C=O) groups is 2. The van der Waals surface area contributed by atoms with Gasteiger partial charge in [-0.25, -0.2) is 0 Å². The van der Waals surface area contributed by atoms with E-state index in [4.69, 9.17) is 4.74 Å². The topological polar surface area (TPSA) is 67.4 Å². The summed E-state index contributed by atoms with van der Waals surface area (Å²) in [5.41, 5.74) is 0.657. The summed E-state index contributed by atoms with van der Waals surface area (Å²) >= 11 is 0. The molecule has 0 aliphatic heterocycles. The standard InChI is InChI=1S/C22H25F3N2O3/c1-12(2)18-8-7-17(10-13(18)3)30-14(4)21(29)27-20-9-6-16(26-15(5)28)11-19(20)22(23,24)25/h6-12,14H,1-5H3,(H,26,28)(H,27,29)/t14-/m1/s1. The van der Waals surface area contributed by atoms with E-state index in [-0.39, 0.29) is 5.69 Å². The van der Waals surface area contributed by atoms with Crippen LogP contribution in [0.2, 0.25) is 0 Å². The normalized spacial score (nSPS) is 12.4. The minimum atomic E-state index is -4.72. The average molecular weight is 422 g/mol. The first-order chi connectivity index (χ1) is 13.9. The van der Waals surface area contributed by atoms with Crippen molar-refractivity contribution in [3.05, 3.63) is 53.1 Å². The van der Waals surface area contributed by atoms with Gasteiger partial charge in [-0.15, -0.1) is 0 Å². The number of amides is 2. The number of nitrogens with one attached hydrogen (secondary N) is 2. The van der Waals surface area contributed by atoms with E-state index in [0.717, 1.165) is 23.3 Å². The Bertz CT molecular complexity index is 940. The maximum Gasteiger partial charge on any atom is 0.418 e. The molecule has 2 rings (SSSR count). The lowest BCUT2D eigenvalue weighted by Gasteiger charge is -2.19. The first-order valence-corrected chi connectivity index (χ1v) is 9.45. The SMILES string of the molecule is CC(=O)Nc1ccc(NC(=O)[C@@H](C)Oc2ccc(C(C)C)c(C)c2)c(C(F)(F)F)c1. The van der Waals surface area contributed by atoms with E-state index in [1.54, 1.807) is 12.1 Å². The van der Waals surface area contributed by atoms with Crippen molar-refractivity contribution in [3.8, 4) is 5.75 Å². The van der Waals surface area contributed by atoms with E-state index in [1.165, 1.54) is 19.9 Å². The molecule has 0 saturated carbocycles. The number of hydrogen-bond donors (Lipinski definition) is 2.